The van der Waals surface area contributed by atoms with E-state index in [1.54, 1.807) is 0 Å². The molecule has 1 radical (unpaired) electrons. The standard InChI is InChI=1S/C10H19O/c1-2-9(8-11)10-6-4-3-5-7-10/h9-10H,2-8H2,1H3. The van der Waals surface area contributed by atoms with Crippen LogP contribution in [0.5, 0.6) is 0 Å². The first-order valence-electron chi connectivity index (χ1n) is 4.96. The summed E-state index contributed by atoms with van der Waals surface area (Å²) in [6, 6.07) is 0. The highest BCUT2D eigenvalue weighted by Gasteiger charge is 2.21. The first kappa shape index (κ1) is 9.05. The van der Waals surface area contributed by atoms with Crippen molar-refractivity contribution in [2.45, 2.75) is 45.4 Å². The van der Waals surface area contributed by atoms with Crippen molar-refractivity contribution in [1.29, 1.82) is 0 Å². The molecule has 0 aromatic heterocycles. The zero-order chi connectivity index (χ0) is 8.10. The molecule has 1 rings (SSSR count). The second-order valence-electron chi connectivity index (χ2n) is 3.73. The zero-order valence-corrected chi connectivity index (χ0v) is 7.51. The fraction of sp³-hybridized carbons (Fsp3) is 1.00. The van der Waals surface area contributed by atoms with Crippen LogP contribution in [0.2, 0.25) is 0 Å². The molecule has 1 aliphatic rings. The summed E-state index contributed by atoms with van der Waals surface area (Å²) in [4.78, 5) is 0. The molecule has 1 unspecified atom stereocenters. The topological polar surface area (TPSA) is 19.9 Å². The van der Waals surface area contributed by atoms with Crippen LogP contribution in [0.4, 0.5) is 0 Å². The van der Waals surface area contributed by atoms with Gasteiger partial charge in [-0.3, -0.25) is 0 Å². The Labute approximate surface area is 69.8 Å². The fourth-order valence-corrected chi connectivity index (χ4v) is 2.19. The SMILES string of the molecule is CCC(C[O])C1CCCCC1. The van der Waals surface area contributed by atoms with E-state index in [1.807, 2.05) is 0 Å². The molecule has 1 saturated carbocycles. The van der Waals surface area contributed by atoms with Crippen LogP contribution in [0.15, 0.2) is 0 Å². The average Bonchev–Trinajstić information content (AvgIpc) is 2.09. The van der Waals surface area contributed by atoms with Gasteiger partial charge >= 0.3 is 0 Å². The van der Waals surface area contributed by atoms with E-state index in [4.69, 9.17) is 0 Å². The lowest BCUT2D eigenvalue weighted by atomic mass is 9.79. The summed E-state index contributed by atoms with van der Waals surface area (Å²) >= 11 is 0. The molecular weight excluding hydrogens is 136 g/mol. The second kappa shape index (κ2) is 4.76. The molecular formula is C10H19O. The van der Waals surface area contributed by atoms with Gasteiger partial charge in [-0.1, -0.05) is 45.4 Å². The molecule has 1 fully saturated rings. The van der Waals surface area contributed by atoms with E-state index in [0.29, 0.717) is 5.92 Å². The van der Waals surface area contributed by atoms with E-state index in [2.05, 4.69) is 6.92 Å². The van der Waals surface area contributed by atoms with Crippen molar-refractivity contribution in [2.75, 3.05) is 6.61 Å². The second-order valence-corrected chi connectivity index (χ2v) is 3.73. The summed E-state index contributed by atoms with van der Waals surface area (Å²) in [7, 11) is 0. The molecule has 65 valence electrons. The summed E-state index contributed by atoms with van der Waals surface area (Å²) in [5, 5.41) is 10.8. The van der Waals surface area contributed by atoms with Crippen LogP contribution in [-0.4, -0.2) is 6.61 Å². The highest BCUT2D eigenvalue weighted by Crippen LogP contribution is 2.31. The quantitative estimate of drug-likeness (QED) is 0.597. The van der Waals surface area contributed by atoms with Crippen LogP contribution in [-0.2, 0) is 5.11 Å². The Hall–Kier alpha value is -0.0400. The third-order valence-electron chi connectivity index (χ3n) is 3.05. The molecule has 0 amide bonds. The molecule has 1 heteroatoms. The van der Waals surface area contributed by atoms with Crippen molar-refractivity contribution < 1.29 is 5.11 Å². The molecule has 0 bridgehead atoms. The summed E-state index contributed by atoms with van der Waals surface area (Å²) in [6.45, 7) is 2.30. The molecule has 0 spiro atoms. The predicted octanol–water partition coefficient (Wildman–Crippen LogP) is 3.02. The van der Waals surface area contributed by atoms with E-state index in [-0.39, 0.29) is 6.61 Å². The smallest absolute Gasteiger partial charge is 0.0853 e. The fourth-order valence-electron chi connectivity index (χ4n) is 2.19. The van der Waals surface area contributed by atoms with Gasteiger partial charge in [-0.05, 0) is 11.8 Å². The van der Waals surface area contributed by atoms with E-state index in [0.717, 1.165) is 12.3 Å². The average molecular weight is 155 g/mol. The van der Waals surface area contributed by atoms with Crippen molar-refractivity contribution >= 4 is 0 Å². The van der Waals surface area contributed by atoms with Gasteiger partial charge < -0.3 is 0 Å². The van der Waals surface area contributed by atoms with Gasteiger partial charge in [0.1, 0.15) is 0 Å². The van der Waals surface area contributed by atoms with Crippen molar-refractivity contribution in [2.24, 2.45) is 11.8 Å². The minimum atomic E-state index is 0.154. The first-order chi connectivity index (χ1) is 5.38. The lowest BCUT2D eigenvalue weighted by molar-refractivity contribution is 0.0923. The maximum Gasteiger partial charge on any atom is 0.0853 e. The molecule has 0 N–H and O–H groups in total. The minimum absolute atomic E-state index is 0.154. The number of hydrogen-bond donors (Lipinski definition) is 0. The van der Waals surface area contributed by atoms with E-state index >= 15 is 0 Å². The Morgan fingerprint density at radius 1 is 1.27 bits per heavy atom. The summed E-state index contributed by atoms with van der Waals surface area (Å²) in [6.07, 6.45) is 7.85. The maximum atomic E-state index is 10.8. The lowest BCUT2D eigenvalue weighted by Crippen LogP contribution is -2.19. The van der Waals surface area contributed by atoms with Crippen molar-refractivity contribution in [3.8, 4) is 0 Å². The molecule has 11 heavy (non-hydrogen) atoms. The Kier molecular flexibility index (Phi) is 3.92. The van der Waals surface area contributed by atoms with Crippen LogP contribution >= 0.6 is 0 Å². The van der Waals surface area contributed by atoms with Gasteiger partial charge in [-0.15, -0.1) is 0 Å². The van der Waals surface area contributed by atoms with Crippen LogP contribution in [0, 0.1) is 11.8 Å². The Bertz CT molecular complexity index is 91.0. The minimum Gasteiger partial charge on any atom is -0.236 e. The Morgan fingerprint density at radius 2 is 1.91 bits per heavy atom. The molecule has 0 aromatic carbocycles. The highest BCUT2D eigenvalue weighted by atomic mass is 16.3. The third-order valence-corrected chi connectivity index (χ3v) is 3.05. The van der Waals surface area contributed by atoms with E-state index < -0.39 is 0 Å². The van der Waals surface area contributed by atoms with Gasteiger partial charge in [-0.25, -0.2) is 5.11 Å². The van der Waals surface area contributed by atoms with Gasteiger partial charge in [-0.2, -0.15) is 0 Å². The van der Waals surface area contributed by atoms with Crippen LogP contribution < -0.4 is 0 Å². The summed E-state index contributed by atoms with van der Waals surface area (Å²) < 4.78 is 0. The molecule has 0 aromatic rings. The summed E-state index contributed by atoms with van der Waals surface area (Å²) in [5.74, 6) is 1.25. The van der Waals surface area contributed by atoms with Crippen molar-refractivity contribution in [3.05, 3.63) is 0 Å². The molecule has 0 saturated heterocycles. The monoisotopic (exact) mass is 155 g/mol. The van der Waals surface area contributed by atoms with Crippen LogP contribution in [0.3, 0.4) is 0 Å². The molecule has 1 atom stereocenters. The normalized spacial score (nSPS) is 23.5. The Balaban J connectivity index is 2.30. The van der Waals surface area contributed by atoms with Crippen molar-refractivity contribution in [3.63, 3.8) is 0 Å². The molecule has 1 aliphatic carbocycles. The predicted molar refractivity (Wildman–Crippen MR) is 45.9 cm³/mol. The first-order valence-corrected chi connectivity index (χ1v) is 4.96. The van der Waals surface area contributed by atoms with Crippen LogP contribution in [0.25, 0.3) is 0 Å². The van der Waals surface area contributed by atoms with E-state index in [9.17, 15) is 5.11 Å². The van der Waals surface area contributed by atoms with Crippen molar-refractivity contribution in [1.82, 2.24) is 0 Å². The van der Waals surface area contributed by atoms with E-state index in [1.165, 1.54) is 32.1 Å². The van der Waals surface area contributed by atoms with Gasteiger partial charge in [0.25, 0.3) is 0 Å². The molecule has 0 aliphatic heterocycles. The summed E-state index contributed by atoms with van der Waals surface area (Å²) in [5.41, 5.74) is 0. The Morgan fingerprint density at radius 3 is 2.36 bits per heavy atom. The van der Waals surface area contributed by atoms with Gasteiger partial charge in [0.2, 0.25) is 0 Å². The largest absolute Gasteiger partial charge is 0.236 e. The number of rotatable bonds is 3. The highest BCUT2D eigenvalue weighted by molar-refractivity contribution is 4.72. The third kappa shape index (κ3) is 2.48. The van der Waals surface area contributed by atoms with Crippen LogP contribution in [0.1, 0.15) is 45.4 Å². The zero-order valence-electron chi connectivity index (χ0n) is 7.51. The maximum absolute atomic E-state index is 10.8. The van der Waals surface area contributed by atoms with Gasteiger partial charge in [0.05, 0.1) is 6.61 Å². The molecule has 0 heterocycles. The lowest BCUT2D eigenvalue weighted by Gasteiger charge is -2.27. The molecule has 1 nitrogen and oxygen atoms in total. The van der Waals surface area contributed by atoms with Gasteiger partial charge in [0, 0.05) is 0 Å². The van der Waals surface area contributed by atoms with Gasteiger partial charge in [0.15, 0.2) is 0 Å². The number of hydrogen-bond acceptors (Lipinski definition) is 0.